The Labute approximate surface area is 79.0 Å². The molecule has 1 aromatic heterocycles. The van der Waals surface area contributed by atoms with E-state index in [0.717, 1.165) is 0 Å². The van der Waals surface area contributed by atoms with Crippen LogP contribution in [0.25, 0.3) is 0 Å². The first kappa shape index (κ1) is 10.5. The van der Waals surface area contributed by atoms with Gasteiger partial charge in [-0.2, -0.15) is 0 Å². The van der Waals surface area contributed by atoms with E-state index < -0.39 is 26.2 Å². The number of methoxy groups -OCH3 is 2. The van der Waals surface area contributed by atoms with E-state index in [2.05, 4.69) is 9.47 Å². The van der Waals surface area contributed by atoms with Crippen LogP contribution in [0.5, 0.6) is 10.4 Å². The van der Waals surface area contributed by atoms with Crippen molar-refractivity contribution in [2.75, 3.05) is 14.2 Å². The summed E-state index contributed by atoms with van der Waals surface area (Å²) in [5.74, 6) is -0.135. The zero-order valence-corrected chi connectivity index (χ0v) is 8.65. The molecule has 13 heavy (non-hydrogen) atoms. The first-order valence-corrected chi connectivity index (χ1v) is 5.12. The van der Waals surface area contributed by atoms with Crippen LogP contribution in [0, 0.1) is 0 Å². The van der Waals surface area contributed by atoms with E-state index in [0.29, 0.717) is 0 Å². The third-order valence-corrected chi connectivity index (χ3v) is 3.34. The third kappa shape index (κ3) is 2.00. The van der Waals surface area contributed by atoms with E-state index in [9.17, 15) is 13.2 Å². The minimum absolute atomic E-state index is 0.0307. The van der Waals surface area contributed by atoms with Crippen LogP contribution in [0.4, 0.5) is 13.2 Å². The van der Waals surface area contributed by atoms with Gasteiger partial charge in [0.05, 0.1) is 0 Å². The fourth-order valence-corrected chi connectivity index (χ4v) is 2.68. The standard InChI is InChI=1S/C7H7F3O2Se/c1-11-4-3-13-6(12-2)5(4)7(8,9)10/h3H,1-2H3. The Bertz CT molecular complexity index is 271. The van der Waals surface area contributed by atoms with Gasteiger partial charge in [-0.15, -0.1) is 0 Å². The number of hydrogen-bond acceptors (Lipinski definition) is 2. The summed E-state index contributed by atoms with van der Waals surface area (Å²) in [6.45, 7) is 0. The zero-order chi connectivity index (χ0) is 10.1. The van der Waals surface area contributed by atoms with Gasteiger partial charge < -0.3 is 0 Å². The average molecular weight is 259 g/mol. The molecule has 2 nitrogen and oxygen atoms in total. The molecule has 0 aliphatic carbocycles. The number of ether oxygens (including phenoxy) is 2. The van der Waals surface area contributed by atoms with Gasteiger partial charge in [0.25, 0.3) is 0 Å². The Morgan fingerprint density at radius 1 is 1.23 bits per heavy atom. The first-order chi connectivity index (χ1) is 6.00. The zero-order valence-electron chi connectivity index (χ0n) is 6.94. The van der Waals surface area contributed by atoms with Gasteiger partial charge in [0.15, 0.2) is 0 Å². The molecular formula is C7H7F3O2Se. The topological polar surface area (TPSA) is 18.5 Å². The van der Waals surface area contributed by atoms with Gasteiger partial charge in [0, 0.05) is 0 Å². The average Bonchev–Trinajstić information content (AvgIpc) is 2.45. The molecule has 0 aromatic carbocycles. The number of hydrogen-bond donors (Lipinski definition) is 0. The predicted octanol–water partition coefficient (Wildman–Crippen LogP) is 1.78. The Balaban J connectivity index is 3.20. The molecule has 0 N–H and O–H groups in total. The van der Waals surface area contributed by atoms with Crippen LogP contribution in [-0.2, 0) is 6.18 Å². The number of alkyl halides is 3. The molecule has 74 valence electrons. The molecule has 0 radical (unpaired) electrons. The third-order valence-electron chi connectivity index (χ3n) is 1.41. The molecule has 1 rings (SSSR count). The van der Waals surface area contributed by atoms with Gasteiger partial charge in [-0.25, -0.2) is 0 Å². The van der Waals surface area contributed by atoms with Crippen molar-refractivity contribution in [2.45, 2.75) is 6.18 Å². The normalized spacial score (nSPS) is 11.5. The molecule has 0 spiro atoms. The summed E-state index contributed by atoms with van der Waals surface area (Å²) in [6, 6.07) is 0. The molecule has 0 aliphatic rings. The van der Waals surface area contributed by atoms with Gasteiger partial charge in [-0.3, -0.25) is 0 Å². The number of rotatable bonds is 2. The summed E-state index contributed by atoms with van der Waals surface area (Å²) in [7, 11) is 2.45. The maximum atomic E-state index is 12.4. The van der Waals surface area contributed by atoms with Crippen molar-refractivity contribution in [2.24, 2.45) is 0 Å². The van der Waals surface area contributed by atoms with Gasteiger partial charge in [0.2, 0.25) is 0 Å². The molecule has 0 unspecified atom stereocenters. The van der Waals surface area contributed by atoms with Crippen molar-refractivity contribution in [3.63, 3.8) is 0 Å². The van der Waals surface area contributed by atoms with Gasteiger partial charge in [-0.1, -0.05) is 0 Å². The summed E-state index contributed by atoms with van der Waals surface area (Å²) < 4.78 is 46.4. The first-order valence-electron chi connectivity index (χ1n) is 3.27. The molecule has 0 atom stereocenters. The summed E-state index contributed by atoms with van der Waals surface area (Å²) in [5.41, 5.74) is -0.780. The Morgan fingerprint density at radius 3 is 2.23 bits per heavy atom. The molecule has 0 fully saturated rings. The molecular weight excluding hydrogens is 252 g/mol. The summed E-state index contributed by atoms with van der Waals surface area (Å²) in [4.78, 5) is 1.41. The minimum atomic E-state index is -4.40. The molecule has 1 aromatic rings. The molecule has 1 heterocycles. The fraction of sp³-hybridized carbons (Fsp3) is 0.429. The van der Waals surface area contributed by atoms with Gasteiger partial charge >= 0.3 is 78.4 Å². The van der Waals surface area contributed by atoms with E-state index in [1.165, 1.54) is 19.2 Å². The molecule has 0 saturated carbocycles. The van der Waals surface area contributed by atoms with Crippen LogP contribution < -0.4 is 9.47 Å². The van der Waals surface area contributed by atoms with Crippen LogP contribution >= 0.6 is 0 Å². The van der Waals surface area contributed by atoms with Crippen molar-refractivity contribution in [1.29, 1.82) is 0 Å². The molecule has 6 heteroatoms. The van der Waals surface area contributed by atoms with Crippen molar-refractivity contribution >= 4 is 14.5 Å². The van der Waals surface area contributed by atoms with E-state index in [1.54, 1.807) is 0 Å². The second kappa shape index (κ2) is 3.64. The Kier molecular flexibility index (Phi) is 2.93. The molecule has 0 amide bonds. The van der Waals surface area contributed by atoms with E-state index >= 15 is 0 Å². The van der Waals surface area contributed by atoms with E-state index in [1.807, 2.05) is 0 Å². The van der Waals surface area contributed by atoms with Crippen LogP contribution in [0.15, 0.2) is 4.94 Å². The Morgan fingerprint density at radius 2 is 1.85 bits per heavy atom. The molecule has 0 aliphatic heterocycles. The van der Waals surface area contributed by atoms with Gasteiger partial charge in [0.1, 0.15) is 0 Å². The Hall–Kier alpha value is -0.611. The van der Waals surface area contributed by atoms with Crippen LogP contribution in [0.2, 0.25) is 0 Å². The van der Waals surface area contributed by atoms with Crippen molar-refractivity contribution in [3.05, 3.63) is 10.5 Å². The van der Waals surface area contributed by atoms with E-state index in [4.69, 9.17) is 0 Å². The van der Waals surface area contributed by atoms with Gasteiger partial charge in [-0.05, 0) is 0 Å². The van der Waals surface area contributed by atoms with E-state index in [-0.39, 0.29) is 10.4 Å². The molecule has 0 saturated heterocycles. The van der Waals surface area contributed by atoms with Crippen LogP contribution in [0.1, 0.15) is 5.56 Å². The molecule has 0 bridgehead atoms. The summed E-state index contributed by atoms with van der Waals surface area (Å²) in [5, 5.41) is 0. The predicted molar refractivity (Wildman–Crippen MR) is 41.5 cm³/mol. The van der Waals surface area contributed by atoms with Crippen molar-refractivity contribution in [3.8, 4) is 10.4 Å². The summed E-state index contributed by atoms with van der Waals surface area (Å²) in [6.07, 6.45) is -4.40. The van der Waals surface area contributed by atoms with Crippen molar-refractivity contribution in [1.82, 2.24) is 0 Å². The quantitative estimate of drug-likeness (QED) is 0.754. The maximum absolute atomic E-state index is 12.4. The SMILES string of the molecule is COc1c[se]c(OC)c1C(F)(F)F. The van der Waals surface area contributed by atoms with Crippen LogP contribution in [-0.4, -0.2) is 28.7 Å². The second-order valence-electron chi connectivity index (χ2n) is 2.17. The second-order valence-corrected chi connectivity index (χ2v) is 3.94. The monoisotopic (exact) mass is 260 g/mol. The number of halogens is 3. The van der Waals surface area contributed by atoms with Crippen LogP contribution in [0.3, 0.4) is 0 Å². The summed E-state index contributed by atoms with van der Waals surface area (Å²) >= 11 is -0.412. The fourth-order valence-electron chi connectivity index (χ4n) is 0.881. The van der Waals surface area contributed by atoms with Crippen molar-refractivity contribution < 1.29 is 22.6 Å².